The molecule has 1 aromatic carbocycles. The lowest BCUT2D eigenvalue weighted by atomic mass is 9.97. The quantitative estimate of drug-likeness (QED) is 0.743. The first-order valence-corrected chi connectivity index (χ1v) is 9.69. The second kappa shape index (κ2) is 7.40. The number of hydrogen-bond acceptors (Lipinski definition) is 4. The Bertz CT molecular complexity index is 866. The van der Waals surface area contributed by atoms with Gasteiger partial charge in [-0.2, -0.15) is 18.3 Å². The van der Waals surface area contributed by atoms with Crippen molar-refractivity contribution in [2.75, 3.05) is 31.6 Å². The van der Waals surface area contributed by atoms with E-state index < -0.39 is 24.2 Å². The van der Waals surface area contributed by atoms with Crippen LogP contribution in [-0.4, -0.2) is 53.1 Å². The van der Waals surface area contributed by atoms with E-state index in [4.69, 9.17) is 4.74 Å². The number of halogens is 4. The summed E-state index contributed by atoms with van der Waals surface area (Å²) in [6, 6.07) is 6.58. The number of morpholine rings is 1. The number of anilines is 1. The van der Waals surface area contributed by atoms with Crippen LogP contribution in [0, 0.1) is 0 Å². The molecule has 3 heterocycles. The van der Waals surface area contributed by atoms with Gasteiger partial charge in [-0.25, -0.2) is 4.68 Å². The van der Waals surface area contributed by atoms with Crippen LogP contribution in [0.1, 0.15) is 34.6 Å². The third-order valence-electron chi connectivity index (χ3n) is 5.00. The first-order chi connectivity index (χ1) is 13.4. The van der Waals surface area contributed by atoms with Crippen LogP contribution in [0.4, 0.5) is 19.0 Å². The summed E-state index contributed by atoms with van der Waals surface area (Å²) in [5.41, 5.74) is 0.726. The summed E-state index contributed by atoms with van der Waals surface area (Å²) < 4.78 is 47.7. The van der Waals surface area contributed by atoms with Gasteiger partial charge in [0.2, 0.25) is 0 Å². The predicted octanol–water partition coefficient (Wildman–Crippen LogP) is 3.78. The third kappa shape index (κ3) is 3.50. The van der Waals surface area contributed by atoms with Crippen LogP contribution in [-0.2, 0) is 4.74 Å². The molecule has 2 aliphatic rings. The van der Waals surface area contributed by atoms with Gasteiger partial charge in [0.25, 0.3) is 5.91 Å². The highest BCUT2D eigenvalue weighted by molar-refractivity contribution is 9.10. The van der Waals surface area contributed by atoms with E-state index in [1.54, 1.807) is 29.2 Å². The van der Waals surface area contributed by atoms with E-state index in [0.29, 0.717) is 26.3 Å². The average molecular weight is 459 g/mol. The van der Waals surface area contributed by atoms with Crippen LogP contribution < -0.4 is 5.32 Å². The van der Waals surface area contributed by atoms with Gasteiger partial charge in [0.15, 0.2) is 11.7 Å². The Kier molecular flexibility index (Phi) is 5.09. The van der Waals surface area contributed by atoms with Gasteiger partial charge in [-0.15, -0.1) is 0 Å². The molecular formula is C18H18BrF3N4O2. The second-order valence-corrected chi connectivity index (χ2v) is 7.55. The SMILES string of the molecule is O=C(c1nn2c(c1Br)NC(c1ccccc1)CC2C(F)(F)F)N1CCOCC1. The normalized spacial score (nSPS) is 22.5. The number of carbonyl (C=O) groups is 1. The van der Waals surface area contributed by atoms with Gasteiger partial charge in [0.1, 0.15) is 5.82 Å². The molecule has 1 N–H and O–H groups in total. The molecule has 28 heavy (non-hydrogen) atoms. The van der Waals surface area contributed by atoms with E-state index in [1.807, 2.05) is 6.07 Å². The average Bonchev–Trinajstić information content (AvgIpc) is 3.04. The highest BCUT2D eigenvalue weighted by Crippen LogP contribution is 2.46. The van der Waals surface area contributed by atoms with Gasteiger partial charge < -0.3 is 15.0 Å². The Morgan fingerprint density at radius 2 is 1.89 bits per heavy atom. The molecule has 0 bridgehead atoms. The Morgan fingerprint density at radius 3 is 2.54 bits per heavy atom. The lowest BCUT2D eigenvalue weighted by Crippen LogP contribution is -2.41. The highest BCUT2D eigenvalue weighted by Gasteiger charge is 2.48. The summed E-state index contributed by atoms with van der Waals surface area (Å²) in [5, 5.41) is 7.18. The van der Waals surface area contributed by atoms with Gasteiger partial charge >= 0.3 is 6.18 Å². The number of fused-ring (bicyclic) bond motifs is 1. The summed E-state index contributed by atoms with van der Waals surface area (Å²) in [5.74, 6) is -0.241. The van der Waals surface area contributed by atoms with Crippen LogP contribution >= 0.6 is 15.9 Å². The lowest BCUT2D eigenvalue weighted by Gasteiger charge is -2.33. The maximum atomic E-state index is 13.8. The number of amides is 1. The summed E-state index contributed by atoms with van der Waals surface area (Å²) in [6.07, 6.45) is -4.70. The number of nitrogens with zero attached hydrogens (tertiary/aromatic N) is 3. The minimum absolute atomic E-state index is 0.0210. The van der Waals surface area contributed by atoms with Crippen LogP contribution in [0.25, 0.3) is 0 Å². The standard InChI is InChI=1S/C18H18BrF3N4O2/c19-14-15(17(27)25-6-8-28-9-7-25)24-26-13(18(20,21)22)10-12(23-16(14)26)11-4-2-1-3-5-11/h1-5,12-13,23H,6-10H2. The zero-order valence-electron chi connectivity index (χ0n) is 14.7. The lowest BCUT2D eigenvalue weighted by molar-refractivity contribution is -0.173. The molecule has 2 unspecified atom stereocenters. The van der Waals surface area contributed by atoms with Crippen LogP contribution in [0.3, 0.4) is 0 Å². The molecule has 1 fully saturated rings. The summed E-state index contributed by atoms with van der Waals surface area (Å²) in [6.45, 7) is 1.57. The van der Waals surface area contributed by atoms with Crippen LogP contribution in [0.5, 0.6) is 0 Å². The summed E-state index contributed by atoms with van der Waals surface area (Å²) in [7, 11) is 0. The fraction of sp³-hybridized carbons (Fsp3) is 0.444. The number of alkyl halides is 3. The van der Waals surface area contributed by atoms with Crippen molar-refractivity contribution in [2.45, 2.75) is 24.7 Å². The largest absolute Gasteiger partial charge is 0.410 e. The topological polar surface area (TPSA) is 59.4 Å². The molecule has 1 saturated heterocycles. The molecule has 1 aromatic heterocycles. The smallest absolute Gasteiger partial charge is 0.378 e. The molecule has 2 aromatic rings. The van der Waals surface area contributed by atoms with E-state index >= 15 is 0 Å². The molecule has 10 heteroatoms. The molecule has 6 nitrogen and oxygen atoms in total. The molecular weight excluding hydrogens is 441 g/mol. The number of nitrogens with one attached hydrogen (secondary N) is 1. The van der Waals surface area contributed by atoms with Crippen LogP contribution in [0.2, 0.25) is 0 Å². The van der Waals surface area contributed by atoms with E-state index in [9.17, 15) is 18.0 Å². The molecule has 0 saturated carbocycles. The van der Waals surface area contributed by atoms with Crippen LogP contribution in [0.15, 0.2) is 34.8 Å². The molecule has 2 atom stereocenters. The Hall–Kier alpha value is -2.07. The van der Waals surface area contributed by atoms with Crippen molar-refractivity contribution in [3.63, 3.8) is 0 Å². The maximum Gasteiger partial charge on any atom is 0.410 e. The zero-order chi connectivity index (χ0) is 19.9. The molecule has 0 spiro atoms. The Labute approximate surface area is 167 Å². The Balaban J connectivity index is 1.72. The van der Waals surface area contributed by atoms with Crippen molar-refractivity contribution in [1.29, 1.82) is 0 Å². The minimum Gasteiger partial charge on any atom is -0.378 e. The van der Waals surface area contributed by atoms with Gasteiger partial charge in [-0.05, 0) is 21.5 Å². The van der Waals surface area contributed by atoms with Crippen molar-refractivity contribution >= 4 is 27.7 Å². The molecule has 150 valence electrons. The molecule has 0 radical (unpaired) electrons. The first-order valence-electron chi connectivity index (χ1n) is 8.89. The molecule has 4 rings (SSSR count). The number of aromatic nitrogens is 2. The van der Waals surface area contributed by atoms with Gasteiger partial charge in [0.05, 0.1) is 23.7 Å². The highest BCUT2D eigenvalue weighted by atomic mass is 79.9. The molecule has 1 amide bonds. The van der Waals surface area contributed by atoms with Crippen molar-refractivity contribution in [2.24, 2.45) is 0 Å². The van der Waals surface area contributed by atoms with E-state index in [-0.39, 0.29) is 22.4 Å². The van der Waals surface area contributed by atoms with E-state index in [2.05, 4.69) is 26.3 Å². The Morgan fingerprint density at radius 1 is 1.21 bits per heavy atom. The van der Waals surface area contributed by atoms with E-state index in [1.165, 1.54) is 0 Å². The first kappa shape index (κ1) is 19.3. The van der Waals surface area contributed by atoms with Crippen molar-refractivity contribution < 1.29 is 22.7 Å². The summed E-state index contributed by atoms with van der Waals surface area (Å²) >= 11 is 3.31. The number of carbonyl (C=O) groups excluding carboxylic acids is 1. The fourth-order valence-electron chi connectivity index (χ4n) is 3.55. The number of hydrogen-bond donors (Lipinski definition) is 1. The van der Waals surface area contributed by atoms with Crippen molar-refractivity contribution in [1.82, 2.24) is 14.7 Å². The number of benzene rings is 1. The monoisotopic (exact) mass is 458 g/mol. The summed E-state index contributed by atoms with van der Waals surface area (Å²) in [4.78, 5) is 14.3. The number of rotatable bonds is 2. The minimum atomic E-state index is -4.49. The number of ether oxygens (including phenoxy) is 1. The zero-order valence-corrected chi connectivity index (χ0v) is 16.3. The van der Waals surface area contributed by atoms with Gasteiger partial charge in [0, 0.05) is 19.5 Å². The van der Waals surface area contributed by atoms with E-state index in [0.717, 1.165) is 10.2 Å². The maximum absolute atomic E-state index is 13.8. The molecule has 2 aliphatic heterocycles. The van der Waals surface area contributed by atoms with Crippen molar-refractivity contribution in [3.8, 4) is 0 Å². The van der Waals surface area contributed by atoms with Gasteiger partial charge in [-0.1, -0.05) is 30.3 Å². The van der Waals surface area contributed by atoms with Gasteiger partial charge in [-0.3, -0.25) is 4.79 Å². The third-order valence-corrected chi connectivity index (χ3v) is 5.75. The molecule has 0 aliphatic carbocycles. The second-order valence-electron chi connectivity index (χ2n) is 6.76. The van der Waals surface area contributed by atoms with Crippen molar-refractivity contribution in [3.05, 3.63) is 46.1 Å². The predicted molar refractivity (Wildman–Crippen MR) is 99.2 cm³/mol. The fourth-order valence-corrected chi connectivity index (χ4v) is 4.09.